The molecule has 0 aliphatic rings. The smallest absolute Gasteiger partial charge is 0.408 e. The Balaban J connectivity index is 2.08. The first-order chi connectivity index (χ1) is 20.2. The van der Waals surface area contributed by atoms with E-state index in [4.69, 9.17) is 4.74 Å². The molecule has 0 aliphatic carbocycles. The van der Waals surface area contributed by atoms with Gasteiger partial charge in [-0.3, -0.25) is 9.59 Å². The highest BCUT2D eigenvalue weighted by Gasteiger charge is 2.42. The molecule has 0 spiro atoms. The molecule has 0 fully saturated rings. The van der Waals surface area contributed by atoms with Crippen LogP contribution in [0.2, 0.25) is 0 Å². The molecule has 0 saturated carbocycles. The third-order valence-electron chi connectivity index (χ3n) is 6.60. The zero-order chi connectivity index (χ0) is 31.8. The molecule has 3 aromatic rings. The van der Waals surface area contributed by atoms with Crippen molar-refractivity contribution in [1.82, 2.24) is 15.5 Å². The van der Waals surface area contributed by atoms with Crippen molar-refractivity contribution >= 4 is 24.0 Å². The maximum atomic E-state index is 14.6. The van der Waals surface area contributed by atoms with Gasteiger partial charge in [0.05, 0.1) is 0 Å². The lowest BCUT2D eigenvalue weighted by Crippen LogP contribution is -2.59. The van der Waals surface area contributed by atoms with Crippen molar-refractivity contribution in [3.63, 3.8) is 0 Å². The number of carbonyl (C=O) groups is 3. The Kier molecular flexibility index (Phi) is 10.8. The molecule has 0 saturated heterocycles. The van der Waals surface area contributed by atoms with Gasteiger partial charge in [-0.2, -0.15) is 0 Å². The fraction of sp³-hybridized carbons (Fsp3) is 0.343. The van der Waals surface area contributed by atoms with Crippen LogP contribution >= 0.6 is 0 Å². The van der Waals surface area contributed by atoms with E-state index in [0.29, 0.717) is 11.1 Å². The van der Waals surface area contributed by atoms with E-state index < -0.39 is 35.2 Å². The number of alkyl carbamates (subject to hydrolysis) is 1. The number of nitrogens with zero attached hydrogens (tertiary/aromatic N) is 1. The Hall–Kier alpha value is -4.59. The van der Waals surface area contributed by atoms with Crippen LogP contribution in [0.25, 0.3) is 6.08 Å². The van der Waals surface area contributed by atoms with Crippen LogP contribution in [-0.2, 0) is 27.3 Å². The molecule has 0 aliphatic heterocycles. The predicted octanol–water partition coefficient (Wildman–Crippen LogP) is 6.16. The summed E-state index contributed by atoms with van der Waals surface area (Å²) in [4.78, 5) is 43.2. The predicted molar refractivity (Wildman–Crippen MR) is 169 cm³/mol. The first-order valence-electron chi connectivity index (χ1n) is 14.3. The van der Waals surface area contributed by atoms with Crippen molar-refractivity contribution in [1.29, 1.82) is 0 Å². The molecule has 3 N–H and O–H groups in total. The van der Waals surface area contributed by atoms with Crippen LogP contribution in [0.4, 0.5) is 4.79 Å². The molecule has 3 amide bonds. The number of hydrogen-bond acceptors (Lipinski definition) is 5. The molecule has 228 valence electrons. The van der Waals surface area contributed by atoms with Gasteiger partial charge in [0.15, 0.2) is 0 Å². The van der Waals surface area contributed by atoms with Gasteiger partial charge in [-0.15, -0.1) is 0 Å². The standard InChI is InChI=1S/C35H43N3O5/c1-8-24-15-12-16-27(21-24)30(31(40)36-23-26-13-10-9-11-14-26)38(34(2,3)4)32(41)29(37-33(42)43-35(5,6)7)22-25-17-19-28(39)20-18-25/h8-21,29-30,39H,1,22-23H2,2-7H3,(H,36,40)(H,37,42). The molecule has 0 radical (unpaired) electrons. The molecule has 0 aromatic heterocycles. The van der Waals surface area contributed by atoms with Crippen molar-refractivity contribution in [2.24, 2.45) is 0 Å². The van der Waals surface area contributed by atoms with E-state index in [1.807, 2.05) is 75.4 Å². The first kappa shape index (κ1) is 32.9. The van der Waals surface area contributed by atoms with Crippen LogP contribution in [-0.4, -0.2) is 45.1 Å². The number of benzene rings is 3. The maximum Gasteiger partial charge on any atom is 0.408 e. The second-order valence-corrected chi connectivity index (χ2v) is 12.4. The Morgan fingerprint density at radius 2 is 1.56 bits per heavy atom. The second-order valence-electron chi connectivity index (χ2n) is 12.4. The highest BCUT2D eigenvalue weighted by molar-refractivity contribution is 5.93. The largest absolute Gasteiger partial charge is 0.508 e. The monoisotopic (exact) mass is 585 g/mol. The number of carbonyl (C=O) groups excluding carboxylic acids is 3. The van der Waals surface area contributed by atoms with E-state index in [9.17, 15) is 19.5 Å². The Labute approximate surface area is 254 Å². The van der Waals surface area contributed by atoms with Crippen LogP contribution in [0.3, 0.4) is 0 Å². The fourth-order valence-electron chi connectivity index (χ4n) is 4.69. The van der Waals surface area contributed by atoms with Crippen LogP contribution in [0.5, 0.6) is 5.75 Å². The van der Waals surface area contributed by atoms with Crippen molar-refractivity contribution in [2.45, 2.75) is 77.7 Å². The van der Waals surface area contributed by atoms with Crippen LogP contribution < -0.4 is 10.6 Å². The molecule has 8 nitrogen and oxygen atoms in total. The Bertz CT molecular complexity index is 1410. The third-order valence-corrected chi connectivity index (χ3v) is 6.60. The topological polar surface area (TPSA) is 108 Å². The summed E-state index contributed by atoms with van der Waals surface area (Å²) in [5, 5.41) is 15.5. The molecule has 3 rings (SSSR count). The SMILES string of the molecule is C=Cc1cccc(C(C(=O)NCc2ccccc2)N(C(=O)C(Cc2ccc(O)cc2)NC(=O)OC(C)(C)C)C(C)(C)C)c1. The maximum absolute atomic E-state index is 14.6. The lowest BCUT2D eigenvalue weighted by atomic mass is 9.93. The highest BCUT2D eigenvalue weighted by Crippen LogP contribution is 2.31. The van der Waals surface area contributed by atoms with E-state index in [1.165, 1.54) is 17.0 Å². The van der Waals surface area contributed by atoms with Crippen molar-refractivity contribution in [3.05, 3.63) is 108 Å². The van der Waals surface area contributed by atoms with Crippen LogP contribution in [0, 0.1) is 0 Å². The molecule has 0 bridgehead atoms. The lowest BCUT2D eigenvalue weighted by molar-refractivity contribution is -0.148. The van der Waals surface area contributed by atoms with E-state index in [1.54, 1.807) is 39.0 Å². The van der Waals surface area contributed by atoms with Crippen LogP contribution in [0.15, 0.2) is 85.4 Å². The molecule has 0 heterocycles. The van der Waals surface area contributed by atoms with Crippen molar-refractivity contribution in [2.75, 3.05) is 0 Å². The third kappa shape index (κ3) is 9.74. The summed E-state index contributed by atoms with van der Waals surface area (Å²) >= 11 is 0. The quantitative estimate of drug-likeness (QED) is 0.264. The summed E-state index contributed by atoms with van der Waals surface area (Å²) in [6.07, 6.45) is 1.04. The minimum atomic E-state index is -1.08. The minimum absolute atomic E-state index is 0.0836. The number of hydrogen-bond donors (Lipinski definition) is 3. The summed E-state index contributed by atoms with van der Waals surface area (Å²) in [6.45, 7) is 14.9. The summed E-state index contributed by atoms with van der Waals surface area (Å²) in [7, 11) is 0. The summed E-state index contributed by atoms with van der Waals surface area (Å²) in [6, 6.07) is 21.2. The number of rotatable bonds is 10. The average molecular weight is 586 g/mol. The van der Waals surface area contributed by atoms with Crippen molar-refractivity contribution in [3.8, 4) is 5.75 Å². The lowest BCUT2D eigenvalue weighted by Gasteiger charge is -2.43. The fourth-order valence-corrected chi connectivity index (χ4v) is 4.69. The van der Waals surface area contributed by atoms with Gasteiger partial charge < -0.3 is 25.4 Å². The van der Waals surface area contributed by atoms with Gasteiger partial charge in [0.2, 0.25) is 11.8 Å². The summed E-state index contributed by atoms with van der Waals surface area (Å²) in [5.41, 5.74) is 1.39. The Morgan fingerprint density at radius 3 is 2.14 bits per heavy atom. The summed E-state index contributed by atoms with van der Waals surface area (Å²) < 4.78 is 5.50. The van der Waals surface area contributed by atoms with Gasteiger partial charge in [0.25, 0.3) is 0 Å². The molecule has 2 atom stereocenters. The minimum Gasteiger partial charge on any atom is -0.508 e. The van der Waals surface area contributed by atoms with E-state index >= 15 is 0 Å². The second kappa shape index (κ2) is 14.1. The molecule has 2 unspecified atom stereocenters. The number of aromatic hydroxyl groups is 1. The van der Waals surface area contributed by atoms with Gasteiger partial charge in [-0.05, 0) is 82.0 Å². The molecule has 3 aromatic carbocycles. The van der Waals surface area contributed by atoms with Gasteiger partial charge in [-0.1, -0.05) is 73.3 Å². The number of phenols is 1. The van der Waals surface area contributed by atoms with Crippen molar-refractivity contribution < 1.29 is 24.2 Å². The van der Waals surface area contributed by atoms with E-state index in [2.05, 4.69) is 17.2 Å². The number of phenolic OH excluding ortho intramolecular Hbond substituents is 1. The zero-order valence-corrected chi connectivity index (χ0v) is 25.9. The van der Waals surface area contributed by atoms with E-state index in [-0.39, 0.29) is 24.6 Å². The molecular weight excluding hydrogens is 542 g/mol. The summed E-state index contributed by atoms with van der Waals surface area (Å²) in [5.74, 6) is -0.746. The number of amides is 3. The number of ether oxygens (including phenoxy) is 1. The number of nitrogens with one attached hydrogen (secondary N) is 2. The van der Waals surface area contributed by atoms with Gasteiger partial charge in [-0.25, -0.2) is 4.79 Å². The normalized spacial score (nSPS) is 12.9. The first-order valence-corrected chi connectivity index (χ1v) is 14.3. The molecular formula is C35H43N3O5. The van der Waals surface area contributed by atoms with E-state index in [0.717, 1.165) is 11.1 Å². The average Bonchev–Trinajstić information content (AvgIpc) is 2.94. The van der Waals surface area contributed by atoms with Gasteiger partial charge >= 0.3 is 6.09 Å². The van der Waals surface area contributed by atoms with Gasteiger partial charge in [0.1, 0.15) is 23.4 Å². The molecule has 8 heteroatoms. The van der Waals surface area contributed by atoms with Gasteiger partial charge in [0, 0.05) is 18.5 Å². The van der Waals surface area contributed by atoms with Crippen LogP contribution in [0.1, 0.15) is 69.8 Å². The molecule has 43 heavy (non-hydrogen) atoms. The Morgan fingerprint density at radius 1 is 0.907 bits per heavy atom. The zero-order valence-electron chi connectivity index (χ0n) is 25.9. The highest BCUT2D eigenvalue weighted by atomic mass is 16.6.